The number of carbonyl (C=O) groups is 1. The summed E-state index contributed by atoms with van der Waals surface area (Å²) in [5, 5.41) is 3.09. The number of benzene rings is 1. The molecule has 1 saturated carbocycles. The topological polar surface area (TPSA) is 50.2 Å². The fourth-order valence-electron chi connectivity index (χ4n) is 2.52. The van der Waals surface area contributed by atoms with Crippen LogP contribution in [0.15, 0.2) is 36.9 Å². The lowest BCUT2D eigenvalue weighted by Crippen LogP contribution is -2.40. The van der Waals surface area contributed by atoms with E-state index in [4.69, 9.17) is 11.6 Å². The zero-order valence-corrected chi connectivity index (χ0v) is 13.5. The Labute approximate surface area is 139 Å². The molecule has 0 saturated heterocycles. The number of imidazole rings is 1. The van der Waals surface area contributed by atoms with Gasteiger partial charge in [0.25, 0.3) is 0 Å². The van der Waals surface area contributed by atoms with E-state index in [0.717, 1.165) is 12.0 Å². The van der Waals surface area contributed by atoms with E-state index in [-0.39, 0.29) is 23.0 Å². The number of nitrogens with one attached hydrogen (secondary N) is 1. The summed E-state index contributed by atoms with van der Waals surface area (Å²) in [6.07, 6.45) is 6.11. The van der Waals surface area contributed by atoms with Crippen molar-refractivity contribution >= 4 is 17.6 Å². The smallest absolute Gasteiger partial charge is 0.317 e. The first-order chi connectivity index (χ1) is 11.0. The van der Waals surface area contributed by atoms with Gasteiger partial charge in [-0.1, -0.05) is 17.7 Å². The molecule has 0 unspecified atom stereocenters. The second kappa shape index (κ2) is 6.58. The first-order valence-electron chi connectivity index (χ1n) is 7.47. The fraction of sp³-hybridized carbons (Fsp3) is 0.375. The molecule has 2 amide bonds. The second-order valence-electron chi connectivity index (χ2n) is 5.79. The van der Waals surface area contributed by atoms with Gasteiger partial charge in [-0.3, -0.25) is 0 Å². The Morgan fingerprint density at radius 2 is 2.39 bits per heavy atom. The summed E-state index contributed by atoms with van der Waals surface area (Å²) in [4.78, 5) is 17.7. The van der Waals surface area contributed by atoms with Gasteiger partial charge in [0.05, 0.1) is 11.3 Å². The molecule has 1 aliphatic carbocycles. The van der Waals surface area contributed by atoms with Gasteiger partial charge in [0.2, 0.25) is 0 Å². The number of halogens is 2. The third-order valence-corrected chi connectivity index (χ3v) is 4.38. The first-order valence-corrected chi connectivity index (χ1v) is 7.84. The summed E-state index contributed by atoms with van der Waals surface area (Å²) in [5.74, 6) is -0.258. The maximum Gasteiger partial charge on any atom is 0.317 e. The highest BCUT2D eigenvalue weighted by Gasteiger charge is 2.40. The molecule has 7 heteroatoms. The van der Waals surface area contributed by atoms with Gasteiger partial charge in [-0.15, -0.1) is 0 Å². The van der Waals surface area contributed by atoms with Crippen LogP contribution in [0.4, 0.5) is 9.18 Å². The van der Waals surface area contributed by atoms with Gasteiger partial charge in [-0.25, -0.2) is 14.2 Å². The van der Waals surface area contributed by atoms with Gasteiger partial charge in [0.15, 0.2) is 0 Å². The van der Waals surface area contributed by atoms with Crippen LogP contribution >= 0.6 is 11.6 Å². The summed E-state index contributed by atoms with van der Waals surface area (Å²) in [6, 6.07) is 4.75. The predicted octanol–water partition coefficient (Wildman–Crippen LogP) is 2.87. The van der Waals surface area contributed by atoms with Crippen LogP contribution in [0.25, 0.3) is 0 Å². The van der Waals surface area contributed by atoms with E-state index in [1.807, 2.05) is 16.8 Å². The van der Waals surface area contributed by atoms with E-state index in [0.29, 0.717) is 13.1 Å². The van der Waals surface area contributed by atoms with Crippen LogP contribution < -0.4 is 5.32 Å². The Bertz CT molecular complexity index is 691. The number of hydrogen-bond acceptors (Lipinski definition) is 2. The molecule has 1 N–H and O–H groups in total. The van der Waals surface area contributed by atoms with Crippen molar-refractivity contribution in [3.05, 3.63) is 53.3 Å². The Balaban J connectivity index is 1.48. The SMILES string of the molecule is CN(CCn1ccnc1)C(=O)N[C@@H]1C[C@H]1c1ccc(Cl)c(F)c1. The Kier molecular flexibility index (Phi) is 4.52. The van der Waals surface area contributed by atoms with Crippen molar-refractivity contribution in [1.29, 1.82) is 0 Å². The van der Waals surface area contributed by atoms with E-state index in [1.165, 1.54) is 6.07 Å². The molecule has 3 rings (SSSR count). The molecule has 0 aliphatic heterocycles. The van der Waals surface area contributed by atoms with Crippen LogP contribution in [0, 0.1) is 5.82 Å². The minimum absolute atomic E-state index is 0.0544. The molecule has 0 radical (unpaired) electrons. The summed E-state index contributed by atoms with van der Waals surface area (Å²) in [6.45, 7) is 1.29. The molecule has 0 bridgehead atoms. The lowest BCUT2D eigenvalue weighted by molar-refractivity contribution is 0.206. The highest BCUT2D eigenvalue weighted by Crippen LogP contribution is 2.41. The average molecular weight is 337 g/mol. The van der Waals surface area contributed by atoms with E-state index >= 15 is 0 Å². The van der Waals surface area contributed by atoms with Crippen molar-refractivity contribution in [3.63, 3.8) is 0 Å². The van der Waals surface area contributed by atoms with Crippen LogP contribution in [0.1, 0.15) is 17.9 Å². The number of amides is 2. The normalized spacial score (nSPS) is 19.4. The number of rotatable bonds is 5. The third kappa shape index (κ3) is 3.82. The van der Waals surface area contributed by atoms with Gasteiger partial charge in [0.1, 0.15) is 5.82 Å². The summed E-state index contributed by atoms with van der Waals surface area (Å²) in [7, 11) is 1.76. The molecule has 1 aliphatic rings. The second-order valence-corrected chi connectivity index (χ2v) is 6.20. The molecule has 2 aromatic rings. The Morgan fingerprint density at radius 1 is 1.57 bits per heavy atom. The van der Waals surface area contributed by atoms with Gasteiger partial charge >= 0.3 is 6.03 Å². The maximum absolute atomic E-state index is 13.5. The van der Waals surface area contributed by atoms with Gasteiger partial charge in [-0.2, -0.15) is 0 Å². The van der Waals surface area contributed by atoms with Crippen LogP contribution in [0.5, 0.6) is 0 Å². The Hall–Kier alpha value is -2.08. The van der Waals surface area contributed by atoms with E-state index < -0.39 is 5.82 Å². The van der Waals surface area contributed by atoms with Crippen LogP contribution in [-0.4, -0.2) is 40.1 Å². The lowest BCUT2D eigenvalue weighted by Gasteiger charge is -2.18. The first kappa shape index (κ1) is 15.8. The molecular formula is C16H18ClFN4O. The van der Waals surface area contributed by atoms with E-state index in [2.05, 4.69) is 10.3 Å². The predicted molar refractivity (Wildman–Crippen MR) is 85.9 cm³/mol. The van der Waals surface area contributed by atoms with Crippen molar-refractivity contribution in [2.75, 3.05) is 13.6 Å². The summed E-state index contributed by atoms with van der Waals surface area (Å²) >= 11 is 5.69. The number of nitrogens with zero attached hydrogens (tertiary/aromatic N) is 3. The van der Waals surface area contributed by atoms with Crippen molar-refractivity contribution in [3.8, 4) is 0 Å². The molecule has 0 spiro atoms. The van der Waals surface area contributed by atoms with Crippen LogP contribution in [0.2, 0.25) is 5.02 Å². The minimum atomic E-state index is -0.418. The highest BCUT2D eigenvalue weighted by molar-refractivity contribution is 6.30. The summed E-state index contributed by atoms with van der Waals surface area (Å²) < 4.78 is 15.4. The lowest BCUT2D eigenvalue weighted by atomic mass is 10.1. The maximum atomic E-state index is 13.5. The minimum Gasteiger partial charge on any atom is -0.336 e. The highest BCUT2D eigenvalue weighted by atomic mass is 35.5. The third-order valence-electron chi connectivity index (χ3n) is 4.07. The molecule has 5 nitrogen and oxygen atoms in total. The number of likely N-dealkylation sites (N-methyl/N-ethyl adjacent to an activating group) is 1. The van der Waals surface area contributed by atoms with E-state index in [9.17, 15) is 9.18 Å². The molecule has 2 atom stereocenters. The van der Waals surface area contributed by atoms with Crippen molar-refractivity contribution in [2.24, 2.45) is 0 Å². The van der Waals surface area contributed by atoms with E-state index in [1.54, 1.807) is 30.5 Å². The zero-order valence-electron chi connectivity index (χ0n) is 12.7. The number of hydrogen-bond donors (Lipinski definition) is 1. The molecule has 1 fully saturated rings. The molecule has 1 aromatic heterocycles. The van der Waals surface area contributed by atoms with Crippen molar-refractivity contribution in [2.45, 2.75) is 24.9 Å². The molecule has 23 heavy (non-hydrogen) atoms. The monoisotopic (exact) mass is 336 g/mol. The van der Waals surface area contributed by atoms with Gasteiger partial charge < -0.3 is 14.8 Å². The molecule has 1 heterocycles. The van der Waals surface area contributed by atoms with Crippen molar-refractivity contribution in [1.82, 2.24) is 19.8 Å². The van der Waals surface area contributed by atoms with Crippen molar-refractivity contribution < 1.29 is 9.18 Å². The fourth-order valence-corrected chi connectivity index (χ4v) is 2.64. The molecular weight excluding hydrogens is 319 g/mol. The molecule has 1 aromatic carbocycles. The van der Waals surface area contributed by atoms with Crippen LogP contribution in [0.3, 0.4) is 0 Å². The van der Waals surface area contributed by atoms with Gasteiger partial charge in [-0.05, 0) is 24.1 Å². The summed E-state index contributed by atoms with van der Waals surface area (Å²) in [5.41, 5.74) is 0.873. The largest absolute Gasteiger partial charge is 0.336 e. The zero-order chi connectivity index (χ0) is 16.4. The number of urea groups is 1. The van der Waals surface area contributed by atoms with Gasteiger partial charge in [0, 0.05) is 44.5 Å². The average Bonchev–Trinajstić information content (AvgIpc) is 3.09. The number of carbonyl (C=O) groups excluding carboxylic acids is 1. The Morgan fingerprint density at radius 3 is 3.09 bits per heavy atom. The van der Waals surface area contributed by atoms with Crippen LogP contribution in [-0.2, 0) is 6.54 Å². The molecule has 122 valence electrons. The quantitative estimate of drug-likeness (QED) is 0.912. The number of aromatic nitrogens is 2. The standard InChI is InChI=1S/C16H18ClFN4O/c1-21(6-7-22-5-4-19-10-22)16(23)20-15-9-12(15)11-2-3-13(17)14(18)8-11/h2-5,8,10,12,15H,6-7,9H2,1H3,(H,20,23)/t12-,15+/m0/s1.